The zero-order chi connectivity index (χ0) is 17.9. The number of carbonyl (C=O) groups excluding carboxylic acids is 1. The Morgan fingerprint density at radius 1 is 1.42 bits per heavy atom. The highest BCUT2D eigenvalue weighted by atomic mass is 19.4. The van der Waals surface area contributed by atoms with E-state index in [1.165, 1.54) is 6.92 Å². The van der Waals surface area contributed by atoms with Gasteiger partial charge in [-0.15, -0.1) is 0 Å². The first-order chi connectivity index (χ1) is 11.2. The van der Waals surface area contributed by atoms with Gasteiger partial charge >= 0.3 is 6.18 Å². The number of amides is 1. The van der Waals surface area contributed by atoms with Crippen LogP contribution in [0.4, 0.5) is 13.2 Å². The SMILES string of the molecule is CCCC(O)CNC(=O)C1CCc2nc(C)nc(C(F)(F)F)c2C1. The minimum atomic E-state index is -4.56. The predicted octanol–water partition coefficient (Wildman–Crippen LogP) is 2.19. The van der Waals surface area contributed by atoms with Crippen LogP contribution < -0.4 is 5.32 Å². The van der Waals surface area contributed by atoms with Crippen LogP contribution in [0.2, 0.25) is 0 Å². The zero-order valence-electron chi connectivity index (χ0n) is 13.8. The molecule has 5 nitrogen and oxygen atoms in total. The lowest BCUT2D eigenvalue weighted by molar-refractivity contribution is -0.142. The minimum absolute atomic E-state index is 0.0219. The van der Waals surface area contributed by atoms with Crippen molar-refractivity contribution in [3.8, 4) is 0 Å². The number of nitrogens with one attached hydrogen (secondary N) is 1. The molecule has 24 heavy (non-hydrogen) atoms. The first kappa shape index (κ1) is 18.6. The summed E-state index contributed by atoms with van der Waals surface area (Å²) in [6.45, 7) is 3.47. The highest BCUT2D eigenvalue weighted by Gasteiger charge is 2.39. The fourth-order valence-electron chi connectivity index (χ4n) is 2.99. The summed E-state index contributed by atoms with van der Waals surface area (Å²) in [7, 11) is 0. The third kappa shape index (κ3) is 4.43. The van der Waals surface area contributed by atoms with Crippen LogP contribution in [0.3, 0.4) is 0 Å². The van der Waals surface area contributed by atoms with Crippen molar-refractivity contribution in [1.82, 2.24) is 15.3 Å². The van der Waals surface area contributed by atoms with Crippen LogP contribution in [0.15, 0.2) is 0 Å². The monoisotopic (exact) mass is 345 g/mol. The molecule has 1 aromatic rings. The van der Waals surface area contributed by atoms with Crippen LogP contribution in [-0.2, 0) is 23.8 Å². The average molecular weight is 345 g/mol. The molecule has 0 aromatic carbocycles. The molecule has 0 aliphatic heterocycles. The number of aryl methyl sites for hydroxylation is 2. The van der Waals surface area contributed by atoms with Crippen molar-refractivity contribution in [3.63, 3.8) is 0 Å². The predicted molar refractivity (Wildman–Crippen MR) is 81.2 cm³/mol. The van der Waals surface area contributed by atoms with Crippen molar-refractivity contribution in [2.75, 3.05) is 6.54 Å². The third-order valence-electron chi connectivity index (χ3n) is 4.16. The lowest BCUT2D eigenvalue weighted by Crippen LogP contribution is -2.39. The third-order valence-corrected chi connectivity index (χ3v) is 4.16. The first-order valence-electron chi connectivity index (χ1n) is 8.11. The average Bonchev–Trinajstić information content (AvgIpc) is 2.50. The van der Waals surface area contributed by atoms with Crippen LogP contribution in [-0.4, -0.2) is 33.6 Å². The highest BCUT2D eigenvalue weighted by molar-refractivity contribution is 5.79. The van der Waals surface area contributed by atoms with Gasteiger partial charge < -0.3 is 10.4 Å². The van der Waals surface area contributed by atoms with Crippen molar-refractivity contribution in [2.24, 2.45) is 5.92 Å². The van der Waals surface area contributed by atoms with Crippen LogP contribution in [0.5, 0.6) is 0 Å². The van der Waals surface area contributed by atoms with E-state index in [4.69, 9.17) is 0 Å². The summed E-state index contributed by atoms with van der Waals surface area (Å²) in [6.07, 6.45) is -3.10. The number of aliphatic hydroxyl groups is 1. The second kappa shape index (κ2) is 7.46. The minimum Gasteiger partial charge on any atom is -0.391 e. The largest absolute Gasteiger partial charge is 0.433 e. The Kier molecular flexibility index (Phi) is 5.79. The number of hydrogen-bond donors (Lipinski definition) is 2. The molecule has 1 aliphatic carbocycles. The Hall–Kier alpha value is -1.70. The molecule has 0 saturated carbocycles. The Bertz CT molecular complexity index is 605. The number of hydrogen-bond acceptors (Lipinski definition) is 4. The van der Waals surface area contributed by atoms with Crippen molar-refractivity contribution in [2.45, 2.75) is 58.2 Å². The quantitative estimate of drug-likeness (QED) is 0.858. The van der Waals surface area contributed by atoms with Gasteiger partial charge in [0.05, 0.1) is 6.10 Å². The normalized spacial score (nSPS) is 18.8. The summed E-state index contributed by atoms with van der Waals surface area (Å²) < 4.78 is 39.6. The van der Waals surface area contributed by atoms with Crippen molar-refractivity contribution in [3.05, 3.63) is 22.8 Å². The molecule has 0 saturated heterocycles. The van der Waals surface area contributed by atoms with E-state index >= 15 is 0 Å². The fraction of sp³-hybridized carbons (Fsp3) is 0.688. The maximum absolute atomic E-state index is 13.2. The molecule has 2 rings (SSSR count). The van der Waals surface area contributed by atoms with Gasteiger partial charge in [-0.2, -0.15) is 13.2 Å². The number of fused-ring (bicyclic) bond motifs is 1. The van der Waals surface area contributed by atoms with Crippen molar-refractivity contribution >= 4 is 5.91 Å². The van der Waals surface area contributed by atoms with Crippen LogP contribution in [0, 0.1) is 12.8 Å². The van der Waals surface area contributed by atoms with Gasteiger partial charge in [-0.1, -0.05) is 13.3 Å². The molecular weight excluding hydrogens is 323 g/mol. The molecule has 0 radical (unpaired) electrons. The highest BCUT2D eigenvalue weighted by Crippen LogP contribution is 2.35. The van der Waals surface area contributed by atoms with Crippen LogP contribution in [0.1, 0.15) is 49.0 Å². The molecule has 2 unspecified atom stereocenters. The molecule has 1 amide bonds. The number of carbonyl (C=O) groups is 1. The Morgan fingerprint density at radius 3 is 2.75 bits per heavy atom. The lowest BCUT2D eigenvalue weighted by Gasteiger charge is -2.26. The summed E-state index contributed by atoms with van der Waals surface area (Å²) in [4.78, 5) is 19.8. The fourth-order valence-corrected chi connectivity index (χ4v) is 2.99. The molecule has 0 fully saturated rings. The van der Waals surface area contributed by atoms with E-state index in [0.717, 1.165) is 6.42 Å². The van der Waals surface area contributed by atoms with Crippen molar-refractivity contribution < 1.29 is 23.1 Å². The number of aliphatic hydroxyl groups excluding tert-OH is 1. The number of rotatable bonds is 5. The Balaban J connectivity index is 2.12. The van der Waals surface area contributed by atoms with E-state index in [2.05, 4.69) is 15.3 Å². The first-order valence-corrected chi connectivity index (χ1v) is 8.11. The topological polar surface area (TPSA) is 75.1 Å². The van der Waals surface area contributed by atoms with Gasteiger partial charge in [-0.3, -0.25) is 4.79 Å². The molecule has 1 heterocycles. The molecule has 2 N–H and O–H groups in total. The molecule has 0 bridgehead atoms. The van der Waals surface area contributed by atoms with E-state index in [1.54, 1.807) is 0 Å². The van der Waals surface area contributed by atoms with Gasteiger partial charge in [-0.05, 0) is 32.6 Å². The number of alkyl halides is 3. The van der Waals surface area contributed by atoms with E-state index in [0.29, 0.717) is 25.0 Å². The van der Waals surface area contributed by atoms with E-state index in [-0.39, 0.29) is 30.3 Å². The molecule has 2 atom stereocenters. The molecule has 8 heteroatoms. The van der Waals surface area contributed by atoms with Crippen LogP contribution >= 0.6 is 0 Å². The molecule has 1 aromatic heterocycles. The van der Waals surface area contributed by atoms with E-state index < -0.39 is 23.9 Å². The summed E-state index contributed by atoms with van der Waals surface area (Å²) in [5.41, 5.74) is -0.535. The van der Waals surface area contributed by atoms with Gasteiger partial charge in [-0.25, -0.2) is 9.97 Å². The van der Waals surface area contributed by atoms with Gasteiger partial charge in [0.1, 0.15) is 5.82 Å². The van der Waals surface area contributed by atoms with E-state index in [1.807, 2.05) is 6.92 Å². The zero-order valence-corrected chi connectivity index (χ0v) is 13.8. The van der Waals surface area contributed by atoms with Crippen LogP contribution in [0.25, 0.3) is 0 Å². The summed E-state index contributed by atoms with van der Waals surface area (Å²) >= 11 is 0. The number of nitrogens with zero attached hydrogens (tertiary/aromatic N) is 2. The van der Waals surface area contributed by atoms with E-state index in [9.17, 15) is 23.1 Å². The lowest BCUT2D eigenvalue weighted by atomic mass is 9.85. The molecule has 0 spiro atoms. The Labute approximate surface area is 138 Å². The smallest absolute Gasteiger partial charge is 0.391 e. The standard InChI is InChI=1S/C16H22F3N3O2/c1-3-4-11(23)8-20-15(24)10-5-6-13-12(7-10)14(16(17,18)19)22-9(2)21-13/h10-11,23H,3-8H2,1-2H3,(H,20,24). The Morgan fingerprint density at radius 2 is 2.12 bits per heavy atom. The summed E-state index contributed by atoms with van der Waals surface area (Å²) in [6, 6.07) is 0. The summed E-state index contributed by atoms with van der Waals surface area (Å²) in [5.74, 6) is -0.796. The van der Waals surface area contributed by atoms with Gasteiger partial charge in [0.25, 0.3) is 0 Å². The molecule has 1 aliphatic rings. The van der Waals surface area contributed by atoms with Gasteiger partial charge in [0, 0.05) is 23.7 Å². The maximum Gasteiger partial charge on any atom is 0.433 e. The van der Waals surface area contributed by atoms with Crippen molar-refractivity contribution in [1.29, 1.82) is 0 Å². The summed E-state index contributed by atoms with van der Waals surface area (Å²) in [5, 5.41) is 12.3. The number of halogens is 3. The van der Waals surface area contributed by atoms with Gasteiger partial charge in [0.15, 0.2) is 5.69 Å². The second-order valence-electron chi connectivity index (χ2n) is 6.17. The second-order valence-corrected chi connectivity index (χ2v) is 6.17. The number of aromatic nitrogens is 2. The van der Waals surface area contributed by atoms with Gasteiger partial charge in [0.2, 0.25) is 5.91 Å². The molecular formula is C16H22F3N3O2. The molecule has 134 valence electrons. The maximum atomic E-state index is 13.2.